The number of rotatable bonds is 41. The Morgan fingerprint density at radius 2 is 0.883 bits per heavy atom. The van der Waals surface area contributed by atoms with Crippen molar-refractivity contribution in [1.82, 2.24) is 0 Å². The summed E-state index contributed by atoms with van der Waals surface area (Å²) < 4.78 is 17.2. The summed E-state index contributed by atoms with van der Waals surface area (Å²) in [6, 6.07) is -0.734. The highest BCUT2D eigenvalue weighted by Crippen LogP contribution is 2.13. The highest BCUT2D eigenvalue weighted by Gasteiger charge is 2.25. The summed E-state index contributed by atoms with van der Waals surface area (Å²) in [5.74, 6) is -1.77. The van der Waals surface area contributed by atoms with E-state index in [4.69, 9.17) is 14.2 Å². The number of esters is 2. The van der Waals surface area contributed by atoms with Gasteiger partial charge in [-0.3, -0.25) is 9.59 Å². The number of likely N-dealkylation sites (N-methyl/N-ethyl adjacent to an activating group) is 1. The number of carbonyl (C=O) groups is 3. The minimum absolute atomic E-state index is 0.0270. The number of hydrogen-bond acceptors (Lipinski definition) is 7. The van der Waals surface area contributed by atoms with Gasteiger partial charge in [-0.1, -0.05) is 157 Å². The number of unbranched alkanes of at least 4 members (excludes halogenated alkanes) is 13. The number of carboxylic acids is 1. The highest BCUT2D eigenvalue weighted by atomic mass is 16.6. The Morgan fingerprint density at radius 3 is 1.30 bits per heavy atom. The van der Waals surface area contributed by atoms with E-state index < -0.39 is 18.1 Å². The second-order valence-electron chi connectivity index (χ2n) is 16.6. The van der Waals surface area contributed by atoms with Crippen molar-refractivity contribution in [3.05, 3.63) is 85.1 Å². The standard InChI is InChI=1S/C52H87NO7/c1-6-8-10-12-14-16-18-20-22-24-25-26-27-29-30-32-34-36-38-40-42-50(54)59-47-48(46-58-45-44-49(52(56)57)53(3,4)5)60-51(55)43-41-39-37-35-33-31-28-23-21-19-17-15-13-11-9-7-2/h8-11,14-17,20-23,25-26,48-49H,6-7,12-13,18-19,24,27-47H2,1-5H3/b10-8+,11-9+,16-14+,17-15+,22-20+,23-21+,26-25+. The SMILES string of the molecule is CC/C=C/C/C=C/C/C=C/C/C=C/CCCCCCCCCC(=O)OCC(COCCC(C(=O)[O-])[N+](C)(C)C)OC(=O)CCCCCCCC/C=C/C/C=C/C/C=C/CC. The largest absolute Gasteiger partial charge is 0.544 e. The zero-order valence-electron chi connectivity index (χ0n) is 38.8. The molecule has 8 nitrogen and oxygen atoms in total. The van der Waals surface area contributed by atoms with Crippen LogP contribution in [0.3, 0.4) is 0 Å². The second kappa shape index (κ2) is 42.2. The van der Waals surface area contributed by atoms with Gasteiger partial charge in [0.15, 0.2) is 6.10 Å². The lowest BCUT2D eigenvalue weighted by molar-refractivity contribution is -0.889. The fourth-order valence-corrected chi connectivity index (χ4v) is 6.43. The van der Waals surface area contributed by atoms with Gasteiger partial charge in [0.2, 0.25) is 0 Å². The molecule has 0 bridgehead atoms. The van der Waals surface area contributed by atoms with Crippen LogP contribution < -0.4 is 5.11 Å². The van der Waals surface area contributed by atoms with E-state index in [9.17, 15) is 19.5 Å². The fourth-order valence-electron chi connectivity index (χ4n) is 6.43. The van der Waals surface area contributed by atoms with Crippen LogP contribution in [0.5, 0.6) is 0 Å². The predicted octanol–water partition coefficient (Wildman–Crippen LogP) is 12.0. The Morgan fingerprint density at radius 1 is 0.500 bits per heavy atom. The normalized spacial score (nSPS) is 13.7. The minimum atomic E-state index is -1.13. The average molecular weight is 838 g/mol. The first kappa shape index (κ1) is 56.5. The zero-order valence-corrected chi connectivity index (χ0v) is 38.8. The van der Waals surface area contributed by atoms with Crippen molar-refractivity contribution in [2.24, 2.45) is 0 Å². The zero-order chi connectivity index (χ0) is 44.2. The molecule has 2 unspecified atom stereocenters. The molecule has 0 amide bonds. The summed E-state index contributed by atoms with van der Waals surface area (Å²) in [6.45, 7) is 4.40. The molecule has 0 saturated heterocycles. The smallest absolute Gasteiger partial charge is 0.306 e. The van der Waals surface area contributed by atoms with Gasteiger partial charge >= 0.3 is 11.9 Å². The van der Waals surface area contributed by atoms with Crippen molar-refractivity contribution in [1.29, 1.82) is 0 Å². The van der Waals surface area contributed by atoms with Crippen LogP contribution in [0.25, 0.3) is 0 Å². The van der Waals surface area contributed by atoms with E-state index in [-0.39, 0.29) is 42.7 Å². The first-order valence-electron chi connectivity index (χ1n) is 23.6. The van der Waals surface area contributed by atoms with Crippen LogP contribution in [-0.4, -0.2) is 75.5 Å². The summed E-state index contributed by atoms with van der Waals surface area (Å²) in [6.07, 6.45) is 54.6. The number of quaternary nitrogens is 1. The molecule has 0 aromatic carbocycles. The van der Waals surface area contributed by atoms with Gasteiger partial charge in [-0.25, -0.2) is 0 Å². The maximum atomic E-state index is 12.7. The molecule has 0 aromatic rings. The monoisotopic (exact) mass is 838 g/mol. The van der Waals surface area contributed by atoms with Crippen molar-refractivity contribution in [3.63, 3.8) is 0 Å². The third-order valence-corrected chi connectivity index (χ3v) is 10.0. The highest BCUT2D eigenvalue weighted by molar-refractivity contribution is 5.70. The molecule has 60 heavy (non-hydrogen) atoms. The summed E-state index contributed by atoms with van der Waals surface area (Å²) >= 11 is 0. The predicted molar refractivity (Wildman–Crippen MR) is 249 cm³/mol. The van der Waals surface area contributed by atoms with E-state index in [2.05, 4.69) is 98.9 Å². The molecule has 0 saturated carbocycles. The van der Waals surface area contributed by atoms with Crippen LogP contribution in [0.1, 0.15) is 174 Å². The van der Waals surface area contributed by atoms with Crippen LogP contribution >= 0.6 is 0 Å². The first-order chi connectivity index (χ1) is 29.1. The number of nitrogens with zero attached hydrogens (tertiary/aromatic N) is 1. The molecule has 0 aromatic heterocycles. The summed E-state index contributed by atoms with van der Waals surface area (Å²) in [7, 11) is 5.39. The second-order valence-corrected chi connectivity index (χ2v) is 16.6. The van der Waals surface area contributed by atoms with Gasteiger partial charge in [0, 0.05) is 19.3 Å². The Hall–Kier alpha value is -3.49. The number of hydrogen-bond donors (Lipinski definition) is 0. The van der Waals surface area contributed by atoms with Crippen molar-refractivity contribution < 1.29 is 38.2 Å². The van der Waals surface area contributed by atoms with E-state index >= 15 is 0 Å². The summed E-state index contributed by atoms with van der Waals surface area (Å²) in [5, 5.41) is 11.6. The quantitative estimate of drug-likeness (QED) is 0.0261. The van der Waals surface area contributed by atoms with Gasteiger partial charge in [0.25, 0.3) is 0 Å². The molecule has 342 valence electrons. The molecular weight excluding hydrogens is 751 g/mol. The molecule has 0 heterocycles. The molecule has 0 N–H and O–H groups in total. The molecular formula is C52H87NO7. The molecule has 8 heteroatoms. The minimum Gasteiger partial charge on any atom is -0.544 e. The maximum Gasteiger partial charge on any atom is 0.306 e. The Balaban J connectivity index is 4.34. The molecule has 0 spiro atoms. The number of carboxylic acid groups (broad SMARTS) is 1. The fraction of sp³-hybridized carbons (Fsp3) is 0.673. The molecule has 0 aliphatic heterocycles. The van der Waals surface area contributed by atoms with Crippen molar-refractivity contribution >= 4 is 17.9 Å². The lowest BCUT2D eigenvalue weighted by Gasteiger charge is -2.34. The molecule has 2 atom stereocenters. The molecule has 0 rings (SSSR count). The van der Waals surface area contributed by atoms with Gasteiger partial charge in [0.1, 0.15) is 12.6 Å². The lowest BCUT2D eigenvalue weighted by Crippen LogP contribution is -2.55. The van der Waals surface area contributed by atoms with Crippen LogP contribution in [0.4, 0.5) is 0 Å². The van der Waals surface area contributed by atoms with Crippen LogP contribution in [0.15, 0.2) is 85.1 Å². The number of carbonyl (C=O) groups excluding carboxylic acids is 3. The van der Waals surface area contributed by atoms with Gasteiger partial charge in [-0.15, -0.1) is 0 Å². The maximum absolute atomic E-state index is 12.7. The summed E-state index contributed by atoms with van der Waals surface area (Å²) in [4.78, 5) is 37.0. The number of aliphatic carboxylic acids is 1. The molecule has 0 radical (unpaired) electrons. The summed E-state index contributed by atoms with van der Waals surface area (Å²) in [5.41, 5.74) is 0. The molecule has 0 aliphatic carbocycles. The van der Waals surface area contributed by atoms with E-state index in [1.54, 1.807) is 21.1 Å². The third kappa shape index (κ3) is 39.9. The van der Waals surface area contributed by atoms with E-state index in [0.29, 0.717) is 12.8 Å². The van der Waals surface area contributed by atoms with Crippen molar-refractivity contribution in [2.45, 2.75) is 187 Å². The van der Waals surface area contributed by atoms with Gasteiger partial charge < -0.3 is 28.6 Å². The third-order valence-electron chi connectivity index (χ3n) is 10.0. The van der Waals surface area contributed by atoms with E-state index in [1.165, 1.54) is 38.5 Å². The van der Waals surface area contributed by atoms with Gasteiger partial charge in [0.05, 0.1) is 40.3 Å². The Bertz CT molecular complexity index is 1250. The van der Waals surface area contributed by atoms with Crippen LogP contribution in [0.2, 0.25) is 0 Å². The number of allylic oxidation sites excluding steroid dienone is 14. The van der Waals surface area contributed by atoms with E-state index in [1.807, 2.05) is 0 Å². The van der Waals surface area contributed by atoms with Gasteiger partial charge in [-0.2, -0.15) is 0 Å². The van der Waals surface area contributed by atoms with E-state index in [0.717, 1.165) is 103 Å². The van der Waals surface area contributed by atoms with Crippen molar-refractivity contribution in [3.8, 4) is 0 Å². The number of ether oxygens (including phenoxy) is 3. The topological polar surface area (TPSA) is 102 Å². The average Bonchev–Trinajstić information content (AvgIpc) is 3.21. The van der Waals surface area contributed by atoms with Gasteiger partial charge in [-0.05, 0) is 83.5 Å². The molecule has 0 fully saturated rings. The Kier molecular flexibility index (Phi) is 39.8. The Labute approximate surface area is 367 Å². The van der Waals surface area contributed by atoms with Crippen LogP contribution in [-0.2, 0) is 28.6 Å². The first-order valence-corrected chi connectivity index (χ1v) is 23.6. The molecule has 0 aliphatic rings. The van der Waals surface area contributed by atoms with Crippen molar-refractivity contribution in [2.75, 3.05) is 41.0 Å². The van der Waals surface area contributed by atoms with Crippen LogP contribution in [0, 0.1) is 0 Å². The lowest BCUT2D eigenvalue weighted by atomic mass is 10.1.